The highest BCUT2D eigenvalue weighted by Crippen LogP contribution is 2.09. The molecule has 0 radical (unpaired) electrons. The Morgan fingerprint density at radius 2 is 2.00 bits per heavy atom. The standard InChI is InChI=1S/C12H16N4/c1-10-14-12(8-9-13-2)16(15-10)11-6-4-3-5-7-11/h3-7,13H,8-9H2,1-2H3. The van der Waals surface area contributed by atoms with Gasteiger partial charge in [0.2, 0.25) is 0 Å². The van der Waals surface area contributed by atoms with Crippen molar-refractivity contribution in [3.8, 4) is 5.69 Å². The minimum absolute atomic E-state index is 0.815. The molecule has 0 bridgehead atoms. The van der Waals surface area contributed by atoms with E-state index in [9.17, 15) is 0 Å². The third kappa shape index (κ3) is 2.28. The van der Waals surface area contributed by atoms with Crippen LogP contribution in [0.1, 0.15) is 11.6 Å². The van der Waals surface area contributed by atoms with Gasteiger partial charge < -0.3 is 5.32 Å². The van der Waals surface area contributed by atoms with Gasteiger partial charge in [0.1, 0.15) is 11.6 Å². The van der Waals surface area contributed by atoms with Gasteiger partial charge >= 0.3 is 0 Å². The summed E-state index contributed by atoms with van der Waals surface area (Å²) in [5.41, 5.74) is 1.06. The number of rotatable bonds is 4. The summed E-state index contributed by atoms with van der Waals surface area (Å²) in [6.07, 6.45) is 0.881. The van der Waals surface area contributed by atoms with Crippen LogP contribution in [0.2, 0.25) is 0 Å². The smallest absolute Gasteiger partial charge is 0.148 e. The van der Waals surface area contributed by atoms with Gasteiger partial charge in [-0.1, -0.05) is 18.2 Å². The lowest BCUT2D eigenvalue weighted by molar-refractivity contribution is 0.719. The molecule has 0 aliphatic carbocycles. The average Bonchev–Trinajstić information content (AvgIpc) is 2.69. The first-order chi connectivity index (χ1) is 7.81. The fourth-order valence-electron chi connectivity index (χ4n) is 1.63. The molecule has 84 valence electrons. The summed E-state index contributed by atoms with van der Waals surface area (Å²) in [5, 5.41) is 7.53. The highest BCUT2D eigenvalue weighted by molar-refractivity contribution is 5.31. The van der Waals surface area contributed by atoms with Crippen LogP contribution in [0.25, 0.3) is 5.69 Å². The Labute approximate surface area is 95.3 Å². The van der Waals surface area contributed by atoms with Crippen molar-refractivity contribution in [2.24, 2.45) is 0 Å². The summed E-state index contributed by atoms with van der Waals surface area (Å²) in [4.78, 5) is 4.44. The molecule has 1 heterocycles. The number of aromatic nitrogens is 3. The molecule has 4 nitrogen and oxygen atoms in total. The quantitative estimate of drug-likeness (QED) is 0.838. The van der Waals surface area contributed by atoms with E-state index in [4.69, 9.17) is 0 Å². The molecular weight excluding hydrogens is 200 g/mol. The van der Waals surface area contributed by atoms with E-state index in [0.717, 1.165) is 30.3 Å². The van der Waals surface area contributed by atoms with Crippen molar-refractivity contribution in [3.05, 3.63) is 42.0 Å². The first-order valence-corrected chi connectivity index (χ1v) is 5.44. The van der Waals surface area contributed by atoms with E-state index in [-0.39, 0.29) is 0 Å². The van der Waals surface area contributed by atoms with E-state index in [2.05, 4.69) is 15.4 Å². The van der Waals surface area contributed by atoms with E-state index in [0.29, 0.717) is 0 Å². The zero-order chi connectivity index (χ0) is 11.4. The van der Waals surface area contributed by atoms with Gasteiger partial charge in [0.25, 0.3) is 0 Å². The third-order valence-corrected chi connectivity index (χ3v) is 2.38. The lowest BCUT2D eigenvalue weighted by atomic mass is 10.3. The second-order valence-corrected chi connectivity index (χ2v) is 3.68. The van der Waals surface area contributed by atoms with Gasteiger partial charge in [0.05, 0.1) is 5.69 Å². The number of nitrogens with zero attached hydrogens (tertiary/aromatic N) is 3. The SMILES string of the molecule is CNCCc1nc(C)nn1-c1ccccc1. The first-order valence-electron chi connectivity index (χ1n) is 5.44. The maximum Gasteiger partial charge on any atom is 0.148 e. The highest BCUT2D eigenvalue weighted by atomic mass is 15.3. The van der Waals surface area contributed by atoms with Crippen LogP contribution in [0.3, 0.4) is 0 Å². The first kappa shape index (κ1) is 10.8. The Bertz CT molecular complexity index is 447. The molecule has 2 rings (SSSR count). The van der Waals surface area contributed by atoms with Gasteiger partial charge in [0.15, 0.2) is 0 Å². The van der Waals surface area contributed by atoms with E-state index < -0.39 is 0 Å². The fraction of sp³-hybridized carbons (Fsp3) is 0.333. The molecule has 1 aromatic carbocycles. The molecule has 2 aromatic rings. The van der Waals surface area contributed by atoms with Crippen molar-refractivity contribution in [3.63, 3.8) is 0 Å². The minimum Gasteiger partial charge on any atom is -0.319 e. The average molecular weight is 216 g/mol. The summed E-state index contributed by atoms with van der Waals surface area (Å²) in [6.45, 7) is 2.83. The second-order valence-electron chi connectivity index (χ2n) is 3.68. The van der Waals surface area contributed by atoms with E-state index in [1.54, 1.807) is 0 Å². The predicted molar refractivity (Wildman–Crippen MR) is 63.7 cm³/mol. The summed E-state index contributed by atoms with van der Waals surface area (Å²) >= 11 is 0. The van der Waals surface area contributed by atoms with Crippen LogP contribution in [0.4, 0.5) is 0 Å². The lowest BCUT2D eigenvalue weighted by Crippen LogP contribution is -2.14. The van der Waals surface area contributed by atoms with Crippen LogP contribution in [0.5, 0.6) is 0 Å². The summed E-state index contributed by atoms with van der Waals surface area (Å²) in [7, 11) is 1.94. The van der Waals surface area contributed by atoms with E-state index >= 15 is 0 Å². The largest absolute Gasteiger partial charge is 0.319 e. The molecule has 0 fully saturated rings. The van der Waals surface area contributed by atoms with Gasteiger partial charge in [-0.05, 0) is 26.1 Å². The van der Waals surface area contributed by atoms with Crippen molar-refractivity contribution in [2.45, 2.75) is 13.3 Å². The summed E-state index contributed by atoms with van der Waals surface area (Å²) < 4.78 is 1.91. The molecule has 0 unspecified atom stereocenters. The van der Waals surface area contributed by atoms with E-state index in [1.165, 1.54) is 0 Å². The molecule has 0 saturated carbocycles. The molecule has 0 spiro atoms. The molecule has 1 N–H and O–H groups in total. The van der Waals surface area contributed by atoms with Crippen molar-refractivity contribution in [1.29, 1.82) is 0 Å². The van der Waals surface area contributed by atoms with Gasteiger partial charge in [-0.15, -0.1) is 0 Å². The molecular formula is C12H16N4. The summed E-state index contributed by atoms with van der Waals surface area (Å²) in [5.74, 6) is 1.81. The van der Waals surface area contributed by atoms with Gasteiger partial charge in [-0.3, -0.25) is 0 Å². The van der Waals surface area contributed by atoms with Crippen LogP contribution in [-0.4, -0.2) is 28.4 Å². The highest BCUT2D eigenvalue weighted by Gasteiger charge is 2.07. The number of likely N-dealkylation sites (N-methyl/N-ethyl adjacent to an activating group) is 1. The van der Waals surface area contributed by atoms with Crippen LogP contribution < -0.4 is 5.32 Å². The number of benzene rings is 1. The number of hydrogen-bond acceptors (Lipinski definition) is 3. The zero-order valence-corrected chi connectivity index (χ0v) is 9.64. The summed E-state index contributed by atoms with van der Waals surface area (Å²) in [6, 6.07) is 10.1. The van der Waals surface area contributed by atoms with Crippen LogP contribution in [-0.2, 0) is 6.42 Å². The lowest BCUT2D eigenvalue weighted by Gasteiger charge is -2.04. The third-order valence-electron chi connectivity index (χ3n) is 2.38. The monoisotopic (exact) mass is 216 g/mol. The Morgan fingerprint density at radius 1 is 1.25 bits per heavy atom. The fourth-order valence-corrected chi connectivity index (χ4v) is 1.63. The van der Waals surface area contributed by atoms with Crippen molar-refractivity contribution in [2.75, 3.05) is 13.6 Å². The molecule has 0 aliphatic heterocycles. The minimum atomic E-state index is 0.815. The maximum atomic E-state index is 4.44. The van der Waals surface area contributed by atoms with Crippen LogP contribution in [0.15, 0.2) is 30.3 Å². The topological polar surface area (TPSA) is 42.7 Å². The van der Waals surface area contributed by atoms with Gasteiger partial charge in [-0.2, -0.15) is 5.10 Å². The Morgan fingerprint density at radius 3 is 2.69 bits per heavy atom. The maximum absolute atomic E-state index is 4.44. The normalized spacial score (nSPS) is 10.6. The Balaban J connectivity index is 2.33. The van der Waals surface area contributed by atoms with Crippen molar-refractivity contribution >= 4 is 0 Å². The van der Waals surface area contributed by atoms with Crippen LogP contribution >= 0.6 is 0 Å². The van der Waals surface area contributed by atoms with E-state index in [1.807, 2.05) is 49.0 Å². The Hall–Kier alpha value is -1.68. The molecule has 0 aliphatic rings. The zero-order valence-electron chi connectivity index (χ0n) is 9.64. The number of para-hydroxylation sites is 1. The predicted octanol–water partition coefficient (Wildman–Crippen LogP) is 1.34. The van der Waals surface area contributed by atoms with Gasteiger partial charge in [-0.25, -0.2) is 9.67 Å². The molecule has 0 saturated heterocycles. The van der Waals surface area contributed by atoms with Crippen molar-refractivity contribution in [1.82, 2.24) is 20.1 Å². The number of nitrogens with one attached hydrogen (secondary N) is 1. The molecule has 4 heteroatoms. The second kappa shape index (κ2) is 4.90. The molecule has 16 heavy (non-hydrogen) atoms. The number of hydrogen-bond donors (Lipinski definition) is 1. The molecule has 0 amide bonds. The van der Waals surface area contributed by atoms with Gasteiger partial charge in [0, 0.05) is 13.0 Å². The molecule has 0 atom stereocenters. The van der Waals surface area contributed by atoms with Crippen molar-refractivity contribution < 1.29 is 0 Å². The number of aryl methyl sites for hydroxylation is 1. The van der Waals surface area contributed by atoms with Crippen LogP contribution in [0, 0.1) is 6.92 Å². The molecule has 1 aromatic heterocycles. The Kier molecular flexibility index (Phi) is 3.31.